The number of aromatic nitrogens is 3. The summed E-state index contributed by atoms with van der Waals surface area (Å²) in [5.74, 6) is -0.973. The molecule has 0 radical (unpaired) electrons. The van der Waals surface area contributed by atoms with Crippen LogP contribution in [0.15, 0.2) is 15.8 Å². The molecule has 0 saturated heterocycles. The quantitative estimate of drug-likeness (QED) is 0.777. The molecule has 0 aliphatic heterocycles. The number of ketones is 1. The lowest BCUT2D eigenvalue weighted by Crippen LogP contribution is -2.39. The Balaban J connectivity index is 2.66. The molecular weight excluding hydrogens is 270 g/mol. The third-order valence-corrected chi connectivity index (χ3v) is 3.22. The fourth-order valence-electron chi connectivity index (χ4n) is 2.21. The summed E-state index contributed by atoms with van der Waals surface area (Å²) in [5, 5.41) is -0.379. The van der Waals surface area contributed by atoms with Crippen molar-refractivity contribution < 1.29 is 18.5 Å². The third-order valence-electron chi connectivity index (χ3n) is 3.22. The number of rotatable bonds is 5. The second kappa shape index (κ2) is 5.71. The van der Waals surface area contributed by atoms with Crippen molar-refractivity contribution in [1.82, 2.24) is 13.7 Å². The Morgan fingerprint density at radius 2 is 2.14 bits per heavy atom. The summed E-state index contributed by atoms with van der Waals surface area (Å²) in [7, 11) is 0. The maximum Gasteiger partial charge on any atom is 0.332 e. The molecule has 0 saturated carbocycles. The van der Waals surface area contributed by atoms with Crippen LogP contribution in [-0.2, 0) is 25.3 Å². The van der Waals surface area contributed by atoms with Gasteiger partial charge >= 0.3 is 5.69 Å². The summed E-state index contributed by atoms with van der Waals surface area (Å²) < 4.78 is 76.3. The SMILES string of the molecule is [2H]c1c(C)c2c(=O)n(CCCCC(=O)C([2H])([2H])[2H])c(=O)n(C([2H])([2H])[2H])c2n1C([2H])([2H])[2H]. The van der Waals surface area contributed by atoms with Crippen LogP contribution in [0.1, 0.15) is 45.4 Å². The fraction of sp³-hybridized carbons (Fsp3) is 0.533. The van der Waals surface area contributed by atoms with Crippen LogP contribution in [0.3, 0.4) is 0 Å². The van der Waals surface area contributed by atoms with E-state index < -0.39 is 49.7 Å². The predicted molar refractivity (Wildman–Crippen MR) is 81.7 cm³/mol. The highest BCUT2D eigenvalue weighted by molar-refractivity contribution is 5.79. The van der Waals surface area contributed by atoms with Gasteiger partial charge in [-0.1, -0.05) is 0 Å². The Hall–Kier alpha value is -2.11. The molecule has 0 aliphatic rings. The zero-order chi connectivity index (χ0) is 24.1. The molecule has 2 rings (SSSR count). The molecule has 0 bridgehead atoms. The molecule has 0 amide bonds. The standard InChI is InChI=1S/C15H21N3O3/c1-10-9-16(3)13-12(10)14(20)18(15(21)17(13)4)8-6-5-7-11(2)19/h9H,5-8H2,1-4H3/i2D3,3D3,4D3,9D. The van der Waals surface area contributed by atoms with Crippen LogP contribution in [0, 0.1) is 6.92 Å². The minimum Gasteiger partial charge on any atom is -0.336 e. The van der Waals surface area contributed by atoms with Gasteiger partial charge in [0, 0.05) is 45.4 Å². The normalized spacial score (nSPS) is 20.0. The lowest BCUT2D eigenvalue weighted by molar-refractivity contribution is -0.117. The van der Waals surface area contributed by atoms with Gasteiger partial charge in [0.2, 0.25) is 0 Å². The molecule has 0 spiro atoms. The Kier molecular flexibility index (Phi) is 1.84. The summed E-state index contributed by atoms with van der Waals surface area (Å²) >= 11 is 0. The minimum atomic E-state index is -3.15. The van der Waals surface area contributed by atoms with Gasteiger partial charge in [-0.25, -0.2) is 4.79 Å². The molecule has 2 heterocycles. The molecule has 0 N–H and O–H groups in total. The van der Waals surface area contributed by atoms with E-state index in [0.29, 0.717) is 9.13 Å². The van der Waals surface area contributed by atoms with E-state index in [9.17, 15) is 14.4 Å². The highest BCUT2D eigenvalue weighted by Crippen LogP contribution is 2.13. The predicted octanol–water partition coefficient (Wildman–Crippen LogP) is 1.11. The van der Waals surface area contributed by atoms with Gasteiger partial charge in [-0.3, -0.25) is 13.9 Å². The second-order valence-electron chi connectivity index (χ2n) is 4.73. The maximum atomic E-state index is 13.0. The van der Waals surface area contributed by atoms with E-state index in [1.165, 1.54) is 6.92 Å². The van der Waals surface area contributed by atoms with E-state index in [1.807, 2.05) is 0 Å². The summed E-state index contributed by atoms with van der Waals surface area (Å²) in [6.07, 6.45) is -0.873. The number of fused-ring (bicyclic) bond motifs is 1. The number of carbonyl (C=O) groups is 1. The van der Waals surface area contributed by atoms with Crippen molar-refractivity contribution in [3.8, 4) is 0 Å². The zero-order valence-corrected chi connectivity index (χ0v) is 11.4. The van der Waals surface area contributed by atoms with Gasteiger partial charge in [0.15, 0.2) is 0 Å². The molecular formula is C15H21N3O3. The molecule has 2 aromatic heterocycles. The number of unbranched alkanes of at least 4 members (excludes halogenated alkanes) is 1. The number of hydrogen-bond acceptors (Lipinski definition) is 3. The molecule has 0 atom stereocenters. The van der Waals surface area contributed by atoms with Gasteiger partial charge in [0.25, 0.3) is 5.56 Å². The minimum absolute atomic E-state index is 0.0240. The van der Waals surface area contributed by atoms with Gasteiger partial charge in [-0.05, 0) is 32.2 Å². The third kappa shape index (κ3) is 2.70. The molecule has 2 aromatic rings. The van der Waals surface area contributed by atoms with Crippen molar-refractivity contribution in [3.05, 3.63) is 32.6 Å². The molecule has 0 aliphatic carbocycles. The van der Waals surface area contributed by atoms with Crippen LogP contribution in [0.25, 0.3) is 11.0 Å². The van der Waals surface area contributed by atoms with Crippen molar-refractivity contribution in [1.29, 1.82) is 0 Å². The molecule has 21 heavy (non-hydrogen) atoms. The largest absolute Gasteiger partial charge is 0.336 e. The van der Waals surface area contributed by atoms with Gasteiger partial charge in [0.1, 0.15) is 11.4 Å². The van der Waals surface area contributed by atoms with Crippen LogP contribution in [0.2, 0.25) is 0 Å². The van der Waals surface area contributed by atoms with Crippen LogP contribution >= 0.6 is 0 Å². The van der Waals surface area contributed by atoms with Crippen LogP contribution in [-0.4, -0.2) is 19.5 Å². The Labute approximate surface area is 136 Å². The van der Waals surface area contributed by atoms with Crippen LogP contribution < -0.4 is 11.2 Å². The fourth-order valence-corrected chi connectivity index (χ4v) is 2.21. The van der Waals surface area contributed by atoms with Crippen molar-refractivity contribution >= 4 is 16.8 Å². The molecule has 6 heteroatoms. The summed E-state index contributed by atoms with van der Waals surface area (Å²) in [6, 6.07) is 0. The summed E-state index contributed by atoms with van der Waals surface area (Å²) in [6.45, 7) is -7.96. The monoisotopic (exact) mass is 301 g/mol. The number of Topliss-reactive ketones (excluding diaryl/α,β-unsaturated/α-hetero) is 1. The second-order valence-corrected chi connectivity index (χ2v) is 4.73. The summed E-state index contributed by atoms with van der Waals surface area (Å²) in [4.78, 5) is 37.3. The first-order chi connectivity index (χ1) is 13.9. The highest BCUT2D eigenvalue weighted by atomic mass is 16.2. The van der Waals surface area contributed by atoms with E-state index in [1.54, 1.807) is 0 Å². The summed E-state index contributed by atoms with van der Waals surface area (Å²) in [5.41, 5.74) is -3.04. The molecule has 6 nitrogen and oxygen atoms in total. The van der Waals surface area contributed by atoms with E-state index in [2.05, 4.69) is 0 Å². The Morgan fingerprint density at radius 1 is 1.33 bits per heavy atom. The first-order valence-corrected chi connectivity index (χ1v) is 6.32. The van der Waals surface area contributed by atoms with E-state index in [4.69, 9.17) is 13.7 Å². The number of nitrogens with zero attached hydrogens (tertiary/aromatic N) is 3. The van der Waals surface area contributed by atoms with Gasteiger partial charge in [0.05, 0.1) is 6.76 Å². The Morgan fingerprint density at radius 3 is 2.81 bits per heavy atom. The highest BCUT2D eigenvalue weighted by Gasteiger charge is 2.15. The van der Waals surface area contributed by atoms with Crippen LogP contribution in [0.4, 0.5) is 0 Å². The van der Waals surface area contributed by atoms with Crippen molar-refractivity contribution in [2.45, 2.75) is 39.6 Å². The molecule has 0 fully saturated rings. The molecule has 0 aromatic carbocycles. The topological polar surface area (TPSA) is 66.0 Å². The smallest absolute Gasteiger partial charge is 0.332 e. The zero-order valence-electron chi connectivity index (χ0n) is 21.4. The first-order valence-electron chi connectivity index (χ1n) is 11.3. The van der Waals surface area contributed by atoms with Gasteiger partial charge < -0.3 is 9.36 Å². The number of hydrogen-bond donors (Lipinski definition) is 0. The maximum absolute atomic E-state index is 13.0. The lowest BCUT2D eigenvalue weighted by atomic mass is 10.2. The Bertz CT molecular complexity index is 1130. The average molecular weight is 301 g/mol. The van der Waals surface area contributed by atoms with Crippen molar-refractivity contribution in [2.75, 3.05) is 0 Å². The van der Waals surface area contributed by atoms with Crippen molar-refractivity contribution in [2.24, 2.45) is 14.0 Å². The molecule has 0 unspecified atom stereocenters. The van der Waals surface area contributed by atoms with Gasteiger partial charge in [-0.15, -0.1) is 0 Å². The van der Waals surface area contributed by atoms with Crippen LogP contribution in [0.5, 0.6) is 0 Å². The molecule has 114 valence electrons. The first kappa shape index (κ1) is 6.77. The van der Waals surface area contributed by atoms with E-state index >= 15 is 0 Å². The van der Waals surface area contributed by atoms with Crippen molar-refractivity contribution in [3.63, 3.8) is 0 Å². The lowest BCUT2D eigenvalue weighted by Gasteiger charge is -2.09. The van der Waals surface area contributed by atoms with E-state index in [-0.39, 0.29) is 41.3 Å². The van der Waals surface area contributed by atoms with E-state index in [0.717, 1.165) is 0 Å². The number of carbonyl (C=O) groups excluding carboxylic acids is 1. The van der Waals surface area contributed by atoms with Gasteiger partial charge in [-0.2, -0.15) is 0 Å². The number of aryl methyl sites for hydroxylation is 3. The average Bonchev–Trinajstić information content (AvgIpc) is 2.82.